The van der Waals surface area contributed by atoms with Gasteiger partial charge in [-0.05, 0) is 33.2 Å². The van der Waals surface area contributed by atoms with E-state index in [4.69, 9.17) is 0 Å². The zero-order valence-electron chi connectivity index (χ0n) is 21.2. The lowest BCUT2D eigenvalue weighted by Crippen LogP contribution is -2.49. The average molecular weight is 563 g/mol. The second-order valence-electron chi connectivity index (χ2n) is 9.79. The van der Waals surface area contributed by atoms with Gasteiger partial charge in [0, 0.05) is 50.7 Å². The molecule has 2 aromatic heterocycles. The first kappa shape index (κ1) is 28.6. The van der Waals surface area contributed by atoms with Gasteiger partial charge >= 0.3 is 12.4 Å². The first-order valence-corrected chi connectivity index (χ1v) is 12.3. The van der Waals surface area contributed by atoms with Crippen molar-refractivity contribution in [3.05, 3.63) is 40.1 Å². The highest BCUT2D eigenvalue weighted by Gasteiger charge is 2.40. The van der Waals surface area contributed by atoms with E-state index in [0.29, 0.717) is 38.9 Å². The highest BCUT2D eigenvalue weighted by atomic mass is 19.4. The molecule has 10 nitrogen and oxygen atoms in total. The van der Waals surface area contributed by atoms with Crippen LogP contribution >= 0.6 is 0 Å². The maximum atomic E-state index is 13.3. The number of piperidine rings is 1. The van der Waals surface area contributed by atoms with Gasteiger partial charge in [-0.1, -0.05) is 0 Å². The van der Waals surface area contributed by atoms with Crippen LogP contribution in [0.15, 0.2) is 23.4 Å². The van der Waals surface area contributed by atoms with Crippen molar-refractivity contribution in [2.24, 2.45) is 0 Å². The fourth-order valence-electron chi connectivity index (χ4n) is 5.13. The molecule has 1 amide bonds. The molecule has 0 saturated carbocycles. The molecule has 39 heavy (non-hydrogen) atoms. The number of aromatic nitrogens is 4. The molecule has 2 atom stereocenters. The van der Waals surface area contributed by atoms with Crippen LogP contribution < -0.4 is 15.8 Å². The molecule has 2 aromatic rings. The Morgan fingerprint density at radius 3 is 2.26 bits per heavy atom. The van der Waals surface area contributed by atoms with Gasteiger partial charge in [0.05, 0.1) is 23.5 Å². The van der Waals surface area contributed by atoms with Crippen molar-refractivity contribution >= 4 is 17.5 Å². The number of amides is 1. The lowest BCUT2D eigenvalue weighted by atomic mass is 10.0. The van der Waals surface area contributed by atoms with Crippen molar-refractivity contribution in [3.8, 4) is 0 Å². The Kier molecular flexibility index (Phi) is 8.04. The number of alkyl halides is 6. The number of H-pyrrole nitrogens is 1. The third-order valence-electron chi connectivity index (χ3n) is 7.00. The molecule has 4 rings (SSSR count). The first-order chi connectivity index (χ1) is 18.3. The van der Waals surface area contributed by atoms with Crippen LogP contribution in [-0.4, -0.2) is 87.2 Å². The van der Waals surface area contributed by atoms with Gasteiger partial charge in [-0.3, -0.25) is 14.5 Å². The lowest BCUT2D eigenvalue weighted by molar-refractivity contribution is -0.139. The Morgan fingerprint density at radius 2 is 1.67 bits per heavy atom. The van der Waals surface area contributed by atoms with E-state index in [1.807, 2.05) is 0 Å². The smallest absolute Gasteiger partial charge is 0.379 e. The molecule has 0 aromatic carbocycles. The Bertz CT molecular complexity index is 1210. The second kappa shape index (κ2) is 11.0. The summed E-state index contributed by atoms with van der Waals surface area (Å²) in [4.78, 5) is 37.9. The van der Waals surface area contributed by atoms with E-state index in [-0.39, 0.29) is 24.4 Å². The van der Waals surface area contributed by atoms with E-state index in [2.05, 4.69) is 20.4 Å². The first-order valence-electron chi connectivity index (χ1n) is 12.3. The van der Waals surface area contributed by atoms with Crippen molar-refractivity contribution in [1.82, 2.24) is 30.0 Å². The molecular weight excluding hydrogens is 534 g/mol. The minimum absolute atomic E-state index is 0.0476. The van der Waals surface area contributed by atoms with Gasteiger partial charge < -0.3 is 15.1 Å². The van der Waals surface area contributed by atoms with Crippen molar-refractivity contribution in [2.75, 3.05) is 43.4 Å². The Morgan fingerprint density at radius 1 is 1.03 bits per heavy atom. The van der Waals surface area contributed by atoms with Crippen LogP contribution in [-0.2, 0) is 17.1 Å². The zero-order valence-corrected chi connectivity index (χ0v) is 21.2. The van der Waals surface area contributed by atoms with Crippen LogP contribution in [0.4, 0.5) is 38.0 Å². The fraction of sp³-hybridized carbons (Fsp3) is 0.609. The van der Waals surface area contributed by atoms with Crippen LogP contribution in [0.25, 0.3) is 0 Å². The van der Waals surface area contributed by atoms with Gasteiger partial charge in [-0.15, -0.1) is 0 Å². The summed E-state index contributed by atoms with van der Waals surface area (Å²) in [7, 11) is 1.72. The Labute approximate surface area is 219 Å². The Hall–Kier alpha value is -3.43. The fourth-order valence-corrected chi connectivity index (χ4v) is 5.13. The summed E-state index contributed by atoms with van der Waals surface area (Å²) >= 11 is 0. The van der Waals surface area contributed by atoms with Crippen LogP contribution in [0.3, 0.4) is 0 Å². The van der Waals surface area contributed by atoms with Gasteiger partial charge in [0.2, 0.25) is 11.9 Å². The van der Waals surface area contributed by atoms with Gasteiger partial charge in [0.1, 0.15) is 5.56 Å². The van der Waals surface area contributed by atoms with Crippen LogP contribution in [0, 0.1) is 0 Å². The number of nitrogens with zero attached hydrogens (tertiary/aromatic N) is 6. The molecule has 214 valence electrons. The second-order valence-corrected chi connectivity index (χ2v) is 9.79. The molecule has 2 saturated heterocycles. The van der Waals surface area contributed by atoms with Gasteiger partial charge in [0.15, 0.2) is 0 Å². The number of likely N-dealkylation sites (N-methyl/N-ethyl adjacent to an activating group) is 1. The molecular formula is C23H28F6N8O2. The van der Waals surface area contributed by atoms with E-state index < -0.39 is 46.8 Å². The predicted molar refractivity (Wildman–Crippen MR) is 128 cm³/mol. The number of anilines is 2. The minimum atomic E-state index is -4.86. The summed E-state index contributed by atoms with van der Waals surface area (Å²) in [5.74, 6) is 0.125. The van der Waals surface area contributed by atoms with Crippen molar-refractivity contribution < 1.29 is 31.1 Å². The number of carbonyl (C=O) groups is 1. The summed E-state index contributed by atoms with van der Waals surface area (Å²) in [6, 6.07) is -1.04. The minimum Gasteiger partial charge on any atom is -0.379 e. The molecule has 2 N–H and O–H groups in total. The standard InChI is InChI=1S/C23H28F6N8O2/c1-13(33-16-11-32-34-19(38)18(16)23(27,28)29)12-35(2)17-5-8-37(20(17)39)15-3-6-36(7-4-15)21-30-9-14(10-31-21)22(24,25)26/h9-11,13,15,17H,3-8,12H2,1-2H3,(H2,33,34,38)/t13-,17?/m0/s1. The van der Waals surface area contributed by atoms with Crippen molar-refractivity contribution in [2.45, 2.75) is 56.7 Å². The molecule has 1 unspecified atom stereocenters. The number of likely N-dealkylation sites (tertiary alicyclic amines) is 1. The normalized spacial score (nSPS) is 20.1. The molecule has 4 heterocycles. The maximum Gasteiger partial charge on any atom is 0.423 e. The molecule has 16 heteroatoms. The molecule has 0 bridgehead atoms. The number of rotatable bonds is 7. The number of carbonyl (C=O) groups excluding carboxylic acids is 1. The molecule has 0 spiro atoms. The number of nitrogens with one attached hydrogen (secondary N) is 2. The topological polar surface area (TPSA) is 110 Å². The lowest BCUT2D eigenvalue weighted by Gasteiger charge is -2.37. The molecule has 0 aliphatic carbocycles. The van der Waals surface area contributed by atoms with E-state index in [1.54, 1.807) is 33.8 Å². The van der Waals surface area contributed by atoms with Crippen LogP contribution in [0.2, 0.25) is 0 Å². The monoisotopic (exact) mass is 562 g/mol. The van der Waals surface area contributed by atoms with E-state index in [0.717, 1.165) is 18.6 Å². The zero-order chi connectivity index (χ0) is 28.5. The highest BCUT2D eigenvalue weighted by Crippen LogP contribution is 2.32. The third-order valence-corrected chi connectivity index (χ3v) is 7.00. The summed E-state index contributed by atoms with van der Waals surface area (Å²) in [6.07, 6.45) is -5.21. The summed E-state index contributed by atoms with van der Waals surface area (Å²) in [5.41, 5.74) is -4.05. The van der Waals surface area contributed by atoms with E-state index in [1.165, 1.54) is 0 Å². The summed E-state index contributed by atoms with van der Waals surface area (Å²) < 4.78 is 78.2. The number of hydrogen-bond donors (Lipinski definition) is 2. The number of aromatic amines is 1. The van der Waals surface area contributed by atoms with Crippen molar-refractivity contribution in [1.29, 1.82) is 0 Å². The van der Waals surface area contributed by atoms with E-state index >= 15 is 0 Å². The molecule has 2 aliphatic heterocycles. The van der Waals surface area contributed by atoms with E-state index in [9.17, 15) is 35.9 Å². The van der Waals surface area contributed by atoms with Gasteiger partial charge in [-0.2, -0.15) is 31.4 Å². The number of halogens is 6. The van der Waals surface area contributed by atoms with Crippen LogP contribution in [0.5, 0.6) is 0 Å². The van der Waals surface area contributed by atoms with Gasteiger partial charge in [-0.25, -0.2) is 15.1 Å². The summed E-state index contributed by atoms with van der Waals surface area (Å²) in [6.45, 7) is 3.36. The predicted octanol–water partition coefficient (Wildman–Crippen LogP) is 2.60. The third kappa shape index (κ3) is 6.42. The molecule has 2 fully saturated rings. The molecule has 0 radical (unpaired) electrons. The average Bonchev–Trinajstić information content (AvgIpc) is 3.24. The van der Waals surface area contributed by atoms with Crippen LogP contribution in [0.1, 0.15) is 37.3 Å². The SMILES string of the molecule is C[C@@H](CN(C)C1CCN(C2CCN(c3ncc(C(F)(F)F)cn3)CC2)C1=O)Nc1cn[nH]c(=O)c1C(F)(F)F. The quantitative estimate of drug-likeness (QED) is 0.496. The van der Waals surface area contributed by atoms with Gasteiger partial charge in [0.25, 0.3) is 5.56 Å². The number of hydrogen-bond acceptors (Lipinski definition) is 8. The highest BCUT2D eigenvalue weighted by molar-refractivity contribution is 5.84. The largest absolute Gasteiger partial charge is 0.423 e. The maximum absolute atomic E-state index is 13.3. The Balaban J connectivity index is 1.31. The summed E-state index contributed by atoms with van der Waals surface area (Å²) in [5, 5.41) is 7.92. The molecule has 2 aliphatic rings. The van der Waals surface area contributed by atoms with Crippen molar-refractivity contribution in [3.63, 3.8) is 0 Å².